The summed E-state index contributed by atoms with van der Waals surface area (Å²) in [5, 5.41) is 12.8. The Bertz CT molecular complexity index is 765. The molecule has 1 aromatic heterocycles. The fraction of sp³-hybridized carbons (Fsp3) is 0. The van der Waals surface area contributed by atoms with E-state index in [4.69, 9.17) is 0 Å². The Hall–Kier alpha value is -2.11. The third-order valence-corrected chi connectivity index (χ3v) is 3.71. The number of halogens is 1. The van der Waals surface area contributed by atoms with Crippen LogP contribution in [-0.2, 0) is 4.79 Å². The largest absolute Gasteiger partial charge is 0.752 e. The van der Waals surface area contributed by atoms with Crippen molar-refractivity contribution < 1.29 is 4.79 Å². The Kier molecular flexibility index (Phi) is 3.30. The van der Waals surface area contributed by atoms with Crippen molar-refractivity contribution in [3.05, 3.63) is 58.3 Å². The standard InChI is InChI=1S/C15H10BrN2O2/c16-11-6-4-10(5-7-11)13-8-17-15-12(13)2-1-3-14(15)18(20)9-19/h1-9,17H/q-1. The van der Waals surface area contributed by atoms with Crippen LogP contribution in [0.4, 0.5) is 5.69 Å². The average Bonchev–Trinajstić information content (AvgIpc) is 2.91. The number of hydrogen-bond donors (Lipinski definition) is 1. The van der Waals surface area contributed by atoms with Gasteiger partial charge in [-0.15, -0.1) is 0 Å². The summed E-state index contributed by atoms with van der Waals surface area (Å²) in [5.74, 6) is 0. The Morgan fingerprint density at radius 1 is 1.15 bits per heavy atom. The maximum atomic E-state index is 11.5. The predicted molar refractivity (Wildman–Crippen MR) is 83.3 cm³/mol. The number of rotatable bonds is 3. The van der Waals surface area contributed by atoms with Crippen LogP contribution in [0.3, 0.4) is 0 Å². The molecule has 100 valence electrons. The number of aromatic amines is 1. The van der Waals surface area contributed by atoms with Crippen molar-refractivity contribution in [1.29, 1.82) is 0 Å². The van der Waals surface area contributed by atoms with Gasteiger partial charge >= 0.3 is 0 Å². The average molecular weight is 330 g/mol. The molecular weight excluding hydrogens is 320 g/mol. The number of fused-ring (bicyclic) bond motifs is 1. The highest BCUT2D eigenvalue weighted by Crippen LogP contribution is 2.33. The zero-order chi connectivity index (χ0) is 14.1. The number of carbonyl (C=O) groups excluding carboxylic acids is 1. The normalized spacial score (nSPS) is 10.7. The molecule has 2 aromatic carbocycles. The molecule has 20 heavy (non-hydrogen) atoms. The summed E-state index contributed by atoms with van der Waals surface area (Å²) in [6.07, 6.45) is 2.10. The molecule has 0 radical (unpaired) electrons. The fourth-order valence-corrected chi connectivity index (χ4v) is 2.51. The van der Waals surface area contributed by atoms with E-state index in [1.807, 2.05) is 36.5 Å². The van der Waals surface area contributed by atoms with E-state index in [0.717, 1.165) is 21.0 Å². The van der Waals surface area contributed by atoms with Crippen LogP contribution in [-0.4, -0.2) is 11.4 Å². The monoisotopic (exact) mass is 329 g/mol. The number of amides is 1. The summed E-state index contributed by atoms with van der Waals surface area (Å²) < 4.78 is 1.01. The zero-order valence-corrected chi connectivity index (χ0v) is 11.9. The van der Waals surface area contributed by atoms with Gasteiger partial charge in [-0.3, -0.25) is 4.79 Å². The molecule has 0 bridgehead atoms. The van der Waals surface area contributed by atoms with Crippen molar-refractivity contribution >= 4 is 38.9 Å². The third kappa shape index (κ3) is 2.11. The number of nitrogens with zero attached hydrogens (tertiary/aromatic N) is 1. The molecule has 1 heterocycles. The minimum atomic E-state index is 0.259. The minimum Gasteiger partial charge on any atom is -0.752 e. The number of H-pyrrole nitrogens is 1. The smallest absolute Gasteiger partial charge is 0.203 e. The van der Waals surface area contributed by atoms with Crippen molar-refractivity contribution in [2.45, 2.75) is 0 Å². The molecule has 3 aromatic rings. The summed E-state index contributed by atoms with van der Waals surface area (Å²) in [5.41, 5.74) is 3.02. The maximum Gasteiger partial charge on any atom is 0.203 e. The van der Waals surface area contributed by atoms with E-state index in [1.165, 1.54) is 0 Å². The molecule has 0 saturated heterocycles. The summed E-state index contributed by atoms with van der Waals surface area (Å²) in [4.78, 5) is 13.7. The minimum absolute atomic E-state index is 0.259. The number of nitrogens with one attached hydrogen (secondary N) is 1. The van der Waals surface area contributed by atoms with Gasteiger partial charge in [0.1, 0.15) is 0 Å². The Balaban J connectivity index is 2.19. The van der Waals surface area contributed by atoms with Crippen LogP contribution in [0, 0.1) is 5.21 Å². The fourth-order valence-electron chi connectivity index (χ4n) is 2.25. The lowest BCUT2D eigenvalue weighted by Gasteiger charge is -2.23. The van der Waals surface area contributed by atoms with E-state index in [-0.39, 0.29) is 6.41 Å². The molecule has 5 heteroatoms. The molecule has 1 N–H and O–H groups in total. The number of carbonyl (C=O) groups is 1. The Morgan fingerprint density at radius 2 is 1.90 bits per heavy atom. The predicted octanol–water partition coefficient (Wildman–Crippen LogP) is 4.06. The van der Waals surface area contributed by atoms with E-state index in [1.54, 1.807) is 12.1 Å². The first-order valence-corrected chi connectivity index (χ1v) is 6.77. The SMILES string of the molecule is O=CN([O-])c1cccc2c(-c3ccc(Br)cc3)c[nH]c12. The van der Waals surface area contributed by atoms with E-state index < -0.39 is 0 Å². The molecule has 0 unspecified atom stereocenters. The van der Waals surface area contributed by atoms with Gasteiger partial charge in [-0.2, -0.15) is 0 Å². The number of aromatic nitrogens is 1. The van der Waals surface area contributed by atoms with Crippen LogP contribution in [0.15, 0.2) is 53.1 Å². The van der Waals surface area contributed by atoms with Gasteiger partial charge in [-0.25, -0.2) is 0 Å². The molecule has 4 nitrogen and oxygen atoms in total. The summed E-state index contributed by atoms with van der Waals surface area (Å²) in [6, 6.07) is 13.2. The van der Waals surface area contributed by atoms with Crippen LogP contribution in [0.5, 0.6) is 0 Å². The van der Waals surface area contributed by atoms with Gasteiger partial charge in [-0.1, -0.05) is 40.2 Å². The number of para-hydroxylation sites is 1. The molecule has 0 aliphatic heterocycles. The molecule has 1 amide bonds. The van der Waals surface area contributed by atoms with Gasteiger partial charge in [0, 0.05) is 21.6 Å². The first kappa shape index (κ1) is 12.9. The Labute approximate surface area is 123 Å². The summed E-state index contributed by atoms with van der Waals surface area (Å²) >= 11 is 3.40. The molecule has 0 aliphatic rings. The van der Waals surface area contributed by atoms with Crippen molar-refractivity contribution in [2.24, 2.45) is 0 Å². The lowest BCUT2D eigenvalue weighted by molar-refractivity contribution is -0.106. The number of hydrogen-bond acceptors (Lipinski definition) is 2. The zero-order valence-electron chi connectivity index (χ0n) is 10.3. The quantitative estimate of drug-likeness (QED) is 0.582. The highest BCUT2D eigenvalue weighted by atomic mass is 79.9. The van der Waals surface area contributed by atoms with Crippen LogP contribution in [0.1, 0.15) is 0 Å². The molecule has 0 atom stereocenters. The first-order chi connectivity index (χ1) is 9.70. The van der Waals surface area contributed by atoms with Gasteiger partial charge in [0.05, 0.1) is 11.2 Å². The van der Waals surface area contributed by atoms with Crippen molar-refractivity contribution in [2.75, 3.05) is 5.06 Å². The number of benzene rings is 2. The summed E-state index contributed by atoms with van der Waals surface area (Å²) in [7, 11) is 0. The van der Waals surface area contributed by atoms with Gasteiger partial charge in [0.15, 0.2) is 0 Å². The molecule has 0 spiro atoms. The van der Waals surface area contributed by atoms with E-state index in [9.17, 15) is 10.0 Å². The molecule has 3 rings (SSSR count). The lowest BCUT2D eigenvalue weighted by Crippen LogP contribution is -2.11. The second-order valence-corrected chi connectivity index (χ2v) is 5.26. The molecule has 0 aliphatic carbocycles. The van der Waals surface area contributed by atoms with Gasteiger partial charge in [0.25, 0.3) is 0 Å². The van der Waals surface area contributed by atoms with Crippen LogP contribution >= 0.6 is 15.9 Å². The molecular formula is C15H10BrN2O2-. The summed E-state index contributed by atoms with van der Waals surface area (Å²) in [6.45, 7) is 0. The lowest BCUT2D eigenvalue weighted by atomic mass is 10.0. The van der Waals surface area contributed by atoms with Crippen molar-refractivity contribution in [3.63, 3.8) is 0 Å². The van der Waals surface area contributed by atoms with Gasteiger partial charge < -0.3 is 15.3 Å². The Morgan fingerprint density at radius 3 is 2.60 bits per heavy atom. The van der Waals surface area contributed by atoms with E-state index in [2.05, 4.69) is 20.9 Å². The number of hydroxylamine groups is 1. The van der Waals surface area contributed by atoms with Gasteiger partial charge in [0.2, 0.25) is 6.41 Å². The number of anilines is 1. The molecule has 0 saturated carbocycles. The molecule has 0 fully saturated rings. The maximum absolute atomic E-state index is 11.5. The van der Waals surface area contributed by atoms with Crippen molar-refractivity contribution in [1.82, 2.24) is 4.98 Å². The third-order valence-electron chi connectivity index (χ3n) is 3.18. The first-order valence-electron chi connectivity index (χ1n) is 5.98. The van der Waals surface area contributed by atoms with Crippen molar-refractivity contribution in [3.8, 4) is 11.1 Å². The second kappa shape index (κ2) is 5.11. The van der Waals surface area contributed by atoms with Crippen LogP contribution in [0.2, 0.25) is 0 Å². The topological polar surface area (TPSA) is 59.2 Å². The highest BCUT2D eigenvalue weighted by Gasteiger charge is 2.09. The van der Waals surface area contributed by atoms with E-state index >= 15 is 0 Å². The van der Waals surface area contributed by atoms with Crippen LogP contribution < -0.4 is 5.06 Å². The highest BCUT2D eigenvalue weighted by molar-refractivity contribution is 9.10. The second-order valence-electron chi connectivity index (χ2n) is 4.34. The van der Waals surface area contributed by atoms with E-state index in [0.29, 0.717) is 16.3 Å². The van der Waals surface area contributed by atoms with Crippen LogP contribution in [0.25, 0.3) is 22.0 Å². The van der Waals surface area contributed by atoms with Gasteiger partial charge in [-0.05, 0) is 23.8 Å².